The molecule has 1 amide bonds. The Morgan fingerprint density at radius 3 is 2.62 bits per heavy atom. The van der Waals surface area contributed by atoms with E-state index in [1.165, 1.54) is 6.08 Å². The quantitative estimate of drug-likeness (QED) is 0.548. The summed E-state index contributed by atoms with van der Waals surface area (Å²) in [6, 6.07) is 14.7. The normalized spacial score (nSPS) is 11.8. The predicted octanol–water partition coefficient (Wildman–Crippen LogP) is 3.89. The molecule has 136 valence electrons. The van der Waals surface area contributed by atoms with Crippen molar-refractivity contribution < 1.29 is 19.1 Å². The molecule has 0 aliphatic rings. The van der Waals surface area contributed by atoms with Crippen LogP contribution in [0.4, 0.5) is 0 Å². The summed E-state index contributed by atoms with van der Waals surface area (Å²) in [5, 5.41) is 2.79. The fourth-order valence-corrected chi connectivity index (χ4v) is 2.48. The van der Waals surface area contributed by atoms with E-state index in [2.05, 4.69) is 21.2 Å². The Balaban J connectivity index is 1.79. The van der Waals surface area contributed by atoms with Crippen molar-refractivity contribution in [2.24, 2.45) is 0 Å². The molecular formula is C20H20BrNO4. The molecule has 26 heavy (non-hydrogen) atoms. The first-order valence-electron chi connectivity index (χ1n) is 8.01. The van der Waals surface area contributed by atoms with Crippen LogP contribution in [0.1, 0.15) is 24.1 Å². The Morgan fingerprint density at radius 1 is 1.19 bits per heavy atom. The zero-order valence-electron chi connectivity index (χ0n) is 14.6. The number of carbonyl (C=O) groups excluding carboxylic acids is 2. The average Bonchev–Trinajstić information content (AvgIpc) is 2.65. The molecule has 0 unspecified atom stereocenters. The Kier molecular flexibility index (Phi) is 7.41. The fraction of sp³-hybridized carbons (Fsp3) is 0.200. The van der Waals surface area contributed by atoms with Crippen molar-refractivity contribution in [2.45, 2.75) is 13.0 Å². The van der Waals surface area contributed by atoms with Crippen LogP contribution in [0.2, 0.25) is 0 Å². The van der Waals surface area contributed by atoms with Crippen LogP contribution in [-0.4, -0.2) is 25.6 Å². The molecule has 5 nitrogen and oxygen atoms in total. The van der Waals surface area contributed by atoms with Crippen LogP contribution in [0.25, 0.3) is 6.08 Å². The number of methoxy groups -OCH3 is 1. The molecule has 0 saturated heterocycles. The fourth-order valence-electron chi connectivity index (χ4n) is 2.21. The van der Waals surface area contributed by atoms with Gasteiger partial charge in [0.2, 0.25) is 0 Å². The van der Waals surface area contributed by atoms with Gasteiger partial charge in [0.15, 0.2) is 6.61 Å². The number of rotatable bonds is 7. The molecule has 2 rings (SSSR count). The van der Waals surface area contributed by atoms with Crippen LogP contribution < -0.4 is 10.1 Å². The maximum atomic E-state index is 11.9. The lowest BCUT2D eigenvalue weighted by atomic mass is 10.1. The third-order valence-corrected chi connectivity index (χ3v) is 4.13. The maximum absolute atomic E-state index is 11.9. The van der Waals surface area contributed by atoms with Crippen molar-refractivity contribution in [3.63, 3.8) is 0 Å². The third-order valence-electron chi connectivity index (χ3n) is 3.60. The van der Waals surface area contributed by atoms with Gasteiger partial charge >= 0.3 is 5.97 Å². The summed E-state index contributed by atoms with van der Waals surface area (Å²) in [7, 11) is 1.57. The van der Waals surface area contributed by atoms with E-state index in [-0.39, 0.29) is 18.6 Å². The van der Waals surface area contributed by atoms with Crippen LogP contribution >= 0.6 is 15.9 Å². The van der Waals surface area contributed by atoms with Gasteiger partial charge in [-0.1, -0.05) is 40.2 Å². The van der Waals surface area contributed by atoms with Gasteiger partial charge in [0, 0.05) is 10.5 Å². The largest absolute Gasteiger partial charge is 0.497 e. The lowest BCUT2D eigenvalue weighted by Crippen LogP contribution is -2.30. The number of halogens is 1. The van der Waals surface area contributed by atoms with E-state index in [0.717, 1.165) is 15.6 Å². The Morgan fingerprint density at radius 2 is 1.92 bits per heavy atom. The molecule has 1 atom stereocenters. The summed E-state index contributed by atoms with van der Waals surface area (Å²) in [6.07, 6.45) is 2.88. The number of ether oxygens (including phenoxy) is 2. The molecule has 0 aliphatic heterocycles. The number of carbonyl (C=O) groups is 2. The molecule has 0 spiro atoms. The highest BCUT2D eigenvalue weighted by Crippen LogP contribution is 2.16. The highest BCUT2D eigenvalue weighted by Gasteiger charge is 2.11. The molecule has 0 fully saturated rings. The second-order valence-electron chi connectivity index (χ2n) is 5.56. The van der Waals surface area contributed by atoms with E-state index in [9.17, 15) is 9.59 Å². The summed E-state index contributed by atoms with van der Waals surface area (Å²) in [6.45, 7) is 1.54. The standard InChI is InChI=1S/C20H20BrNO4/c1-14(16-7-9-17(21)10-8-16)22-19(23)13-26-20(24)11-6-15-4-3-5-18(12-15)25-2/h3-12,14H,13H2,1-2H3,(H,22,23)/b11-6+/t14-/m1/s1. The van der Waals surface area contributed by atoms with Crippen molar-refractivity contribution in [1.82, 2.24) is 5.32 Å². The number of hydrogen-bond donors (Lipinski definition) is 1. The first kappa shape index (κ1) is 19.7. The van der Waals surface area contributed by atoms with E-state index in [1.807, 2.05) is 49.4 Å². The van der Waals surface area contributed by atoms with Gasteiger partial charge in [-0.05, 0) is 48.4 Å². The molecule has 0 aromatic heterocycles. The highest BCUT2D eigenvalue weighted by molar-refractivity contribution is 9.10. The lowest BCUT2D eigenvalue weighted by Gasteiger charge is -2.14. The van der Waals surface area contributed by atoms with Gasteiger partial charge in [0.05, 0.1) is 13.2 Å². The Labute approximate surface area is 161 Å². The zero-order valence-corrected chi connectivity index (χ0v) is 16.2. The molecule has 6 heteroatoms. The topological polar surface area (TPSA) is 64.6 Å². The first-order valence-corrected chi connectivity index (χ1v) is 8.81. The minimum absolute atomic E-state index is 0.179. The van der Waals surface area contributed by atoms with Crippen LogP contribution in [0, 0.1) is 0 Å². The molecular weight excluding hydrogens is 398 g/mol. The van der Waals surface area contributed by atoms with E-state index < -0.39 is 5.97 Å². The lowest BCUT2D eigenvalue weighted by molar-refractivity contribution is -0.144. The number of esters is 1. The summed E-state index contributed by atoms with van der Waals surface area (Å²) < 4.78 is 11.0. The second kappa shape index (κ2) is 9.77. The van der Waals surface area contributed by atoms with Gasteiger partial charge in [-0.15, -0.1) is 0 Å². The van der Waals surface area contributed by atoms with Gasteiger partial charge in [-0.25, -0.2) is 4.79 Å². The van der Waals surface area contributed by atoms with Gasteiger partial charge in [0.25, 0.3) is 5.91 Å². The van der Waals surface area contributed by atoms with Crippen LogP contribution in [0.3, 0.4) is 0 Å². The van der Waals surface area contributed by atoms with E-state index in [4.69, 9.17) is 9.47 Å². The minimum Gasteiger partial charge on any atom is -0.497 e. The SMILES string of the molecule is COc1cccc(/C=C/C(=O)OCC(=O)N[C@H](C)c2ccc(Br)cc2)c1. The monoisotopic (exact) mass is 417 g/mol. The minimum atomic E-state index is -0.584. The maximum Gasteiger partial charge on any atom is 0.331 e. The van der Waals surface area contributed by atoms with Crippen LogP contribution in [0.15, 0.2) is 59.1 Å². The van der Waals surface area contributed by atoms with Crippen molar-refractivity contribution in [3.05, 3.63) is 70.2 Å². The summed E-state index contributed by atoms with van der Waals surface area (Å²) >= 11 is 3.37. The van der Waals surface area contributed by atoms with Crippen LogP contribution in [-0.2, 0) is 14.3 Å². The average molecular weight is 418 g/mol. The smallest absolute Gasteiger partial charge is 0.331 e. The summed E-state index contributed by atoms with van der Waals surface area (Å²) in [4.78, 5) is 23.7. The number of benzene rings is 2. The molecule has 2 aromatic rings. The number of amides is 1. The summed E-state index contributed by atoms with van der Waals surface area (Å²) in [5.41, 5.74) is 1.76. The van der Waals surface area contributed by atoms with Gasteiger partial charge in [0.1, 0.15) is 5.75 Å². The van der Waals surface area contributed by atoms with Crippen molar-refractivity contribution in [1.29, 1.82) is 0 Å². The molecule has 0 aliphatic carbocycles. The zero-order chi connectivity index (χ0) is 18.9. The van der Waals surface area contributed by atoms with Crippen molar-refractivity contribution >= 4 is 33.9 Å². The Bertz CT molecular complexity index is 787. The predicted molar refractivity (Wildman–Crippen MR) is 104 cm³/mol. The van der Waals surface area contributed by atoms with Crippen molar-refractivity contribution in [3.8, 4) is 5.75 Å². The molecule has 1 N–H and O–H groups in total. The van der Waals surface area contributed by atoms with Crippen molar-refractivity contribution in [2.75, 3.05) is 13.7 Å². The molecule has 0 saturated carbocycles. The van der Waals surface area contributed by atoms with Gasteiger partial charge < -0.3 is 14.8 Å². The Hall–Kier alpha value is -2.60. The van der Waals surface area contributed by atoms with E-state index >= 15 is 0 Å². The first-order chi connectivity index (χ1) is 12.5. The molecule has 0 bridgehead atoms. The third kappa shape index (κ3) is 6.37. The highest BCUT2D eigenvalue weighted by atomic mass is 79.9. The van der Waals surface area contributed by atoms with Crippen LogP contribution in [0.5, 0.6) is 5.75 Å². The van der Waals surface area contributed by atoms with E-state index in [0.29, 0.717) is 5.75 Å². The molecule has 0 radical (unpaired) electrons. The molecule has 2 aromatic carbocycles. The number of nitrogens with one attached hydrogen (secondary N) is 1. The number of hydrogen-bond acceptors (Lipinski definition) is 4. The van der Waals surface area contributed by atoms with E-state index in [1.54, 1.807) is 19.3 Å². The van der Waals surface area contributed by atoms with Gasteiger partial charge in [-0.2, -0.15) is 0 Å². The summed E-state index contributed by atoms with van der Waals surface area (Å²) in [5.74, 6) is -0.246. The van der Waals surface area contributed by atoms with Gasteiger partial charge in [-0.3, -0.25) is 4.79 Å². The molecule has 0 heterocycles. The second-order valence-corrected chi connectivity index (χ2v) is 6.47.